The van der Waals surface area contributed by atoms with E-state index in [9.17, 15) is 9.59 Å². The van der Waals surface area contributed by atoms with Gasteiger partial charge in [0.2, 0.25) is 11.7 Å². The minimum absolute atomic E-state index is 0.00797. The monoisotopic (exact) mass is 484 g/mol. The molecule has 9 nitrogen and oxygen atoms in total. The minimum Gasteiger partial charge on any atom is -0.474 e. The number of carbonyl (C=O) groups is 2. The molecule has 2 heterocycles. The number of nitrogens with one attached hydrogen (secondary N) is 1. The first-order valence-corrected chi connectivity index (χ1v) is 11.4. The number of carbonyl (C=O) groups excluding carboxylic acids is 2. The van der Waals surface area contributed by atoms with Gasteiger partial charge < -0.3 is 19.2 Å². The highest BCUT2D eigenvalue weighted by Gasteiger charge is 2.28. The Bertz CT molecular complexity index is 1160. The van der Waals surface area contributed by atoms with Crippen molar-refractivity contribution in [2.45, 2.75) is 45.1 Å². The summed E-state index contributed by atoms with van der Waals surface area (Å²) < 4.78 is 16.2. The van der Waals surface area contributed by atoms with Gasteiger partial charge >= 0.3 is 12.0 Å². The fraction of sp³-hybridized carbons (Fsp3) is 0.375. The Morgan fingerprint density at radius 3 is 2.62 bits per heavy atom. The predicted octanol–water partition coefficient (Wildman–Crippen LogP) is 4.71. The summed E-state index contributed by atoms with van der Waals surface area (Å²) in [6.07, 6.45) is 4.68. The normalized spacial score (nSPS) is 17.7. The van der Waals surface area contributed by atoms with Crippen LogP contribution in [0, 0.1) is 12.8 Å². The summed E-state index contributed by atoms with van der Waals surface area (Å²) >= 11 is 6.12. The topological polar surface area (TPSA) is 116 Å². The van der Waals surface area contributed by atoms with Gasteiger partial charge in [-0.2, -0.15) is 0 Å². The van der Waals surface area contributed by atoms with Crippen LogP contribution in [-0.4, -0.2) is 40.1 Å². The quantitative estimate of drug-likeness (QED) is 0.358. The maximum absolute atomic E-state index is 12.5. The molecule has 0 aliphatic heterocycles. The lowest BCUT2D eigenvalue weighted by Gasteiger charge is -2.27. The second kappa shape index (κ2) is 10.6. The zero-order chi connectivity index (χ0) is 24.1. The van der Waals surface area contributed by atoms with E-state index >= 15 is 0 Å². The molecule has 34 heavy (non-hydrogen) atoms. The van der Waals surface area contributed by atoms with E-state index in [1.54, 1.807) is 24.4 Å². The van der Waals surface area contributed by atoms with Crippen LogP contribution < -0.4 is 10.1 Å². The maximum atomic E-state index is 12.5. The summed E-state index contributed by atoms with van der Waals surface area (Å²) in [5.74, 6) is -0.142. The molecule has 0 bridgehead atoms. The number of hydrogen-bond acceptors (Lipinski definition) is 9. The molecule has 0 unspecified atom stereocenters. The second-order valence-corrected chi connectivity index (χ2v) is 8.63. The standard InChI is InChI=1S/C24H25ClN4O5/c1-14-3-7-17(12-19(14)25)27-24-29-28-22(34-24)20(30)11-15-4-10-21(26-13-15)33-18-8-5-16(6-9-18)23(31)32-2/h3-4,7,10,12-13,16,18H,5-6,8-9,11H2,1-2H3,(H,27,29). The predicted molar refractivity (Wildman–Crippen MR) is 124 cm³/mol. The number of rotatable bonds is 8. The minimum atomic E-state index is -0.320. The van der Waals surface area contributed by atoms with Gasteiger partial charge in [0.05, 0.1) is 13.0 Å². The summed E-state index contributed by atoms with van der Waals surface area (Å²) in [6.45, 7) is 1.90. The van der Waals surface area contributed by atoms with E-state index in [0.29, 0.717) is 22.2 Å². The number of Topliss-reactive ketones (excluding diaryl/α,β-unsaturated/α-hetero) is 1. The molecule has 3 aromatic rings. The van der Waals surface area contributed by atoms with E-state index in [1.807, 2.05) is 19.1 Å². The first-order valence-electron chi connectivity index (χ1n) is 11.0. The third kappa shape index (κ3) is 5.91. The molecule has 1 fully saturated rings. The Labute approximate surface area is 201 Å². The van der Waals surface area contributed by atoms with Crippen molar-refractivity contribution in [3.05, 3.63) is 58.6 Å². The number of nitrogens with zero attached hydrogens (tertiary/aromatic N) is 3. The summed E-state index contributed by atoms with van der Waals surface area (Å²) in [4.78, 5) is 28.5. The largest absolute Gasteiger partial charge is 0.474 e. The fourth-order valence-corrected chi connectivity index (χ4v) is 3.96. The number of anilines is 2. The highest BCUT2D eigenvalue weighted by atomic mass is 35.5. The van der Waals surface area contributed by atoms with Crippen LogP contribution >= 0.6 is 11.6 Å². The zero-order valence-corrected chi connectivity index (χ0v) is 19.7. The van der Waals surface area contributed by atoms with Gasteiger partial charge in [0, 0.05) is 29.4 Å². The van der Waals surface area contributed by atoms with E-state index in [-0.39, 0.29) is 42.1 Å². The van der Waals surface area contributed by atoms with Crippen molar-refractivity contribution in [3.63, 3.8) is 0 Å². The molecule has 0 saturated heterocycles. The Hall–Kier alpha value is -3.46. The smallest absolute Gasteiger partial charge is 0.320 e. The summed E-state index contributed by atoms with van der Waals surface area (Å²) in [5.41, 5.74) is 2.33. The lowest BCUT2D eigenvalue weighted by atomic mass is 9.87. The molecule has 10 heteroatoms. The van der Waals surface area contributed by atoms with Crippen LogP contribution in [0.4, 0.5) is 11.7 Å². The Morgan fingerprint density at radius 1 is 1.15 bits per heavy atom. The second-order valence-electron chi connectivity index (χ2n) is 8.22. The van der Waals surface area contributed by atoms with E-state index in [4.69, 9.17) is 25.5 Å². The average Bonchev–Trinajstić information content (AvgIpc) is 3.31. The Balaban J connectivity index is 1.28. The molecule has 0 spiro atoms. The Kier molecular flexibility index (Phi) is 7.42. The molecular weight excluding hydrogens is 460 g/mol. The number of aryl methyl sites for hydroxylation is 1. The van der Waals surface area contributed by atoms with Crippen LogP contribution in [0.5, 0.6) is 5.88 Å². The van der Waals surface area contributed by atoms with E-state index < -0.39 is 0 Å². The summed E-state index contributed by atoms with van der Waals surface area (Å²) in [6, 6.07) is 9.05. The summed E-state index contributed by atoms with van der Waals surface area (Å²) in [5, 5.41) is 11.2. The molecule has 1 N–H and O–H groups in total. The van der Waals surface area contributed by atoms with Crippen molar-refractivity contribution in [3.8, 4) is 5.88 Å². The SMILES string of the molecule is COC(=O)C1CCC(Oc2ccc(CC(=O)c3nnc(Nc4ccc(C)c(Cl)c4)o3)cn2)CC1. The first-order chi connectivity index (χ1) is 16.4. The van der Waals surface area contributed by atoms with E-state index in [0.717, 1.165) is 31.2 Å². The Morgan fingerprint density at radius 2 is 1.94 bits per heavy atom. The van der Waals surface area contributed by atoms with Crippen molar-refractivity contribution in [2.24, 2.45) is 5.92 Å². The van der Waals surface area contributed by atoms with Crippen LogP contribution in [0.1, 0.15) is 47.5 Å². The number of methoxy groups -OCH3 is 1. The number of aromatic nitrogens is 3. The van der Waals surface area contributed by atoms with Gasteiger partial charge in [0.15, 0.2) is 0 Å². The number of esters is 1. The van der Waals surface area contributed by atoms with Gasteiger partial charge in [-0.15, -0.1) is 5.10 Å². The molecule has 4 rings (SSSR count). The number of halogens is 1. The number of pyridine rings is 1. The van der Waals surface area contributed by atoms with Gasteiger partial charge in [-0.1, -0.05) is 28.8 Å². The van der Waals surface area contributed by atoms with Gasteiger partial charge in [-0.25, -0.2) is 4.98 Å². The van der Waals surface area contributed by atoms with Gasteiger partial charge in [0.25, 0.3) is 5.89 Å². The molecule has 2 aromatic heterocycles. The van der Waals surface area contributed by atoms with Gasteiger partial charge in [-0.3, -0.25) is 9.59 Å². The molecule has 0 radical (unpaired) electrons. The van der Waals surface area contributed by atoms with Crippen LogP contribution in [0.15, 0.2) is 40.9 Å². The maximum Gasteiger partial charge on any atom is 0.320 e. The third-order valence-corrected chi connectivity index (χ3v) is 6.15. The molecule has 1 saturated carbocycles. The number of benzene rings is 1. The van der Waals surface area contributed by atoms with Crippen LogP contribution in [0.2, 0.25) is 5.02 Å². The van der Waals surface area contributed by atoms with Crippen molar-refractivity contribution >= 4 is 35.1 Å². The molecule has 1 aliphatic carbocycles. The van der Waals surface area contributed by atoms with Crippen LogP contribution in [0.25, 0.3) is 0 Å². The van der Waals surface area contributed by atoms with E-state index in [2.05, 4.69) is 20.5 Å². The van der Waals surface area contributed by atoms with Gasteiger partial charge in [0.1, 0.15) is 6.10 Å². The molecule has 0 amide bonds. The van der Waals surface area contributed by atoms with E-state index in [1.165, 1.54) is 7.11 Å². The van der Waals surface area contributed by atoms with Crippen molar-refractivity contribution in [2.75, 3.05) is 12.4 Å². The highest BCUT2D eigenvalue weighted by Crippen LogP contribution is 2.28. The number of hydrogen-bond donors (Lipinski definition) is 1. The van der Waals surface area contributed by atoms with Crippen LogP contribution in [-0.2, 0) is 16.0 Å². The molecule has 178 valence electrons. The van der Waals surface area contributed by atoms with Crippen molar-refractivity contribution < 1.29 is 23.5 Å². The number of ether oxygens (including phenoxy) is 2. The van der Waals surface area contributed by atoms with Crippen molar-refractivity contribution in [1.29, 1.82) is 0 Å². The van der Waals surface area contributed by atoms with Crippen molar-refractivity contribution in [1.82, 2.24) is 15.2 Å². The van der Waals surface area contributed by atoms with Crippen LogP contribution in [0.3, 0.4) is 0 Å². The number of ketones is 1. The fourth-order valence-electron chi connectivity index (χ4n) is 3.78. The molecule has 1 aliphatic rings. The van der Waals surface area contributed by atoms with Gasteiger partial charge in [-0.05, 0) is 55.9 Å². The lowest BCUT2D eigenvalue weighted by molar-refractivity contribution is -0.147. The molecular formula is C24H25ClN4O5. The lowest BCUT2D eigenvalue weighted by Crippen LogP contribution is -2.28. The molecule has 0 atom stereocenters. The third-order valence-electron chi connectivity index (χ3n) is 5.75. The summed E-state index contributed by atoms with van der Waals surface area (Å²) in [7, 11) is 1.41. The molecule has 1 aromatic carbocycles. The highest BCUT2D eigenvalue weighted by molar-refractivity contribution is 6.31. The zero-order valence-electron chi connectivity index (χ0n) is 18.9. The average molecular weight is 485 g/mol. The first kappa shape index (κ1) is 23.7.